The van der Waals surface area contributed by atoms with E-state index in [1.165, 1.54) is 6.42 Å². The van der Waals surface area contributed by atoms with E-state index < -0.39 is 0 Å². The average Bonchev–Trinajstić information content (AvgIpc) is 2.30. The van der Waals surface area contributed by atoms with Gasteiger partial charge in [-0.25, -0.2) is 0 Å². The molecule has 2 rings (SSSR count). The summed E-state index contributed by atoms with van der Waals surface area (Å²) in [4.78, 5) is 0. The van der Waals surface area contributed by atoms with Crippen LogP contribution in [0.15, 0.2) is 24.3 Å². The van der Waals surface area contributed by atoms with Crippen molar-refractivity contribution in [1.29, 1.82) is 0 Å². The van der Waals surface area contributed by atoms with Crippen LogP contribution in [-0.2, 0) is 6.42 Å². The smallest absolute Gasteiger partial charge is 0.0159 e. The normalized spacial score (nSPS) is 28.5. The molecule has 1 aliphatic rings. The Morgan fingerprint density at radius 3 is 2.64 bits per heavy atom. The minimum atomic E-state index is 0.770. The summed E-state index contributed by atoms with van der Waals surface area (Å²) in [6.45, 7) is 4.67. The van der Waals surface area contributed by atoms with E-state index >= 15 is 0 Å². The molecule has 0 N–H and O–H groups in total. The van der Waals surface area contributed by atoms with Crippen LogP contribution in [0.4, 0.5) is 0 Å². The molecule has 11 heavy (non-hydrogen) atoms. The predicted octanol–water partition coefficient (Wildman–Crippen LogP) is 2.98. The van der Waals surface area contributed by atoms with Gasteiger partial charge in [0.05, 0.1) is 0 Å². The number of rotatable bonds is 0. The van der Waals surface area contributed by atoms with Gasteiger partial charge >= 0.3 is 0 Å². The minimum absolute atomic E-state index is 0.770. The van der Waals surface area contributed by atoms with E-state index in [2.05, 4.69) is 38.1 Å². The zero-order chi connectivity index (χ0) is 7.84. The Labute approximate surface area is 68.3 Å². The highest BCUT2D eigenvalue weighted by Crippen LogP contribution is 2.36. The maximum atomic E-state index is 2.34. The molecule has 58 valence electrons. The molecule has 0 aliphatic heterocycles. The number of fused-ring (bicyclic) bond motifs is 1. The first-order valence-corrected chi connectivity index (χ1v) is 4.37. The van der Waals surface area contributed by atoms with E-state index in [1.54, 1.807) is 11.1 Å². The van der Waals surface area contributed by atoms with E-state index in [4.69, 9.17) is 0 Å². The highest BCUT2D eigenvalue weighted by atomic mass is 14.3. The van der Waals surface area contributed by atoms with E-state index in [9.17, 15) is 0 Å². The topological polar surface area (TPSA) is 0 Å². The van der Waals surface area contributed by atoms with Gasteiger partial charge in [-0.15, -0.1) is 0 Å². The van der Waals surface area contributed by atoms with Crippen molar-refractivity contribution in [2.75, 3.05) is 0 Å². The average molecular weight is 146 g/mol. The standard InChI is InChI=1S/C11H14/c1-8-7-10-5-3-4-6-11(10)9(8)2/h3-6,8-9H,7H2,1-2H3/t8-,9?/m0/s1. The molecule has 0 nitrogen and oxygen atoms in total. The molecule has 1 aliphatic carbocycles. The van der Waals surface area contributed by atoms with Gasteiger partial charge in [-0.2, -0.15) is 0 Å². The zero-order valence-electron chi connectivity index (χ0n) is 7.17. The molecule has 0 saturated carbocycles. The fourth-order valence-electron chi connectivity index (χ4n) is 1.99. The van der Waals surface area contributed by atoms with Crippen LogP contribution in [0, 0.1) is 5.92 Å². The molecule has 0 radical (unpaired) electrons. The van der Waals surface area contributed by atoms with Crippen LogP contribution in [0.1, 0.15) is 30.9 Å². The molecule has 1 aromatic carbocycles. The Balaban J connectivity index is 2.47. The van der Waals surface area contributed by atoms with Gasteiger partial charge in [0.25, 0.3) is 0 Å². The van der Waals surface area contributed by atoms with Crippen LogP contribution in [0.2, 0.25) is 0 Å². The maximum Gasteiger partial charge on any atom is -0.0159 e. The first kappa shape index (κ1) is 6.90. The van der Waals surface area contributed by atoms with Crippen LogP contribution in [-0.4, -0.2) is 0 Å². The second kappa shape index (κ2) is 2.37. The van der Waals surface area contributed by atoms with E-state index in [-0.39, 0.29) is 0 Å². The Hall–Kier alpha value is -0.780. The van der Waals surface area contributed by atoms with Crippen molar-refractivity contribution in [2.24, 2.45) is 5.92 Å². The predicted molar refractivity (Wildman–Crippen MR) is 47.7 cm³/mol. The van der Waals surface area contributed by atoms with Crippen molar-refractivity contribution in [3.63, 3.8) is 0 Å². The molecule has 0 fully saturated rings. The molecule has 0 spiro atoms. The molecule has 0 saturated heterocycles. The molecule has 0 amide bonds. The second-order valence-electron chi connectivity index (χ2n) is 3.67. The molecular formula is C11H14. The Morgan fingerprint density at radius 2 is 1.91 bits per heavy atom. The number of hydrogen-bond acceptors (Lipinski definition) is 0. The van der Waals surface area contributed by atoms with Gasteiger partial charge in [0.2, 0.25) is 0 Å². The summed E-state index contributed by atoms with van der Waals surface area (Å²) in [6.07, 6.45) is 1.28. The first-order chi connectivity index (χ1) is 5.29. The first-order valence-electron chi connectivity index (χ1n) is 4.37. The monoisotopic (exact) mass is 146 g/mol. The fourth-order valence-corrected chi connectivity index (χ4v) is 1.99. The van der Waals surface area contributed by atoms with Crippen LogP contribution in [0.5, 0.6) is 0 Å². The molecule has 1 unspecified atom stereocenters. The highest BCUT2D eigenvalue weighted by Gasteiger charge is 2.24. The van der Waals surface area contributed by atoms with Crippen molar-refractivity contribution in [2.45, 2.75) is 26.2 Å². The third-order valence-electron chi connectivity index (χ3n) is 2.94. The van der Waals surface area contributed by atoms with E-state index in [0.29, 0.717) is 0 Å². The van der Waals surface area contributed by atoms with Gasteiger partial charge in [0, 0.05) is 0 Å². The van der Waals surface area contributed by atoms with Gasteiger partial charge in [-0.05, 0) is 29.4 Å². The summed E-state index contributed by atoms with van der Waals surface area (Å²) >= 11 is 0. The van der Waals surface area contributed by atoms with Crippen molar-refractivity contribution in [3.8, 4) is 0 Å². The summed E-state index contributed by atoms with van der Waals surface area (Å²) < 4.78 is 0. The molecule has 0 aromatic heterocycles. The van der Waals surface area contributed by atoms with Gasteiger partial charge in [-0.1, -0.05) is 38.1 Å². The lowest BCUT2D eigenvalue weighted by Crippen LogP contribution is -1.97. The second-order valence-corrected chi connectivity index (χ2v) is 3.67. The third kappa shape index (κ3) is 0.973. The SMILES string of the molecule is CC1c2ccccc2C[C@@H]1C. The van der Waals surface area contributed by atoms with Crippen molar-refractivity contribution in [1.82, 2.24) is 0 Å². The van der Waals surface area contributed by atoms with E-state index in [1.807, 2.05) is 0 Å². The maximum absolute atomic E-state index is 2.34. The van der Waals surface area contributed by atoms with Gasteiger partial charge < -0.3 is 0 Å². The third-order valence-corrected chi connectivity index (χ3v) is 2.94. The minimum Gasteiger partial charge on any atom is -0.0620 e. The van der Waals surface area contributed by atoms with Crippen molar-refractivity contribution in [3.05, 3.63) is 35.4 Å². The lowest BCUT2D eigenvalue weighted by atomic mass is 9.97. The Bertz CT molecular complexity index is 262. The van der Waals surface area contributed by atoms with Crippen LogP contribution >= 0.6 is 0 Å². The molecule has 0 heterocycles. The Morgan fingerprint density at radius 1 is 1.18 bits per heavy atom. The molecule has 2 atom stereocenters. The lowest BCUT2D eigenvalue weighted by Gasteiger charge is -2.08. The molecule has 1 aromatic rings. The largest absolute Gasteiger partial charge is 0.0620 e. The summed E-state index contributed by atoms with van der Waals surface area (Å²) in [5.74, 6) is 1.61. The van der Waals surface area contributed by atoms with Crippen LogP contribution < -0.4 is 0 Å². The molecular weight excluding hydrogens is 132 g/mol. The van der Waals surface area contributed by atoms with Gasteiger partial charge in [0.1, 0.15) is 0 Å². The summed E-state index contributed by atoms with van der Waals surface area (Å²) in [5.41, 5.74) is 3.13. The zero-order valence-corrected chi connectivity index (χ0v) is 7.17. The summed E-state index contributed by atoms with van der Waals surface area (Å²) in [7, 11) is 0. The Kier molecular flexibility index (Phi) is 1.49. The number of benzene rings is 1. The summed E-state index contributed by atoms with van der Waals surface area (Å²) in [5, 5.41) is 0. The van der Waals surface area contributed by atoms with E-state index in [0.717, 1.165) is 11.8 Å². The van der Waals surface area contributed by atoms with Crippen LogP contribution in [0.3, 0.4) is 0 Å². The number of hydrogen-bond donors (Lipinski definition) is 0. The fraction of sp³-hybridized carbons (Fsp3) is 0.455. The van der Waals surface area contributed by atoms with Crippen molar-refractivity contribution < 1.29 is 0 Å². The van der Waals surface area contributed by atoms with Crippen molar-refractivity contribution >= 4 is 0 Å². The molecule has 0 bridgehead atoms. The highest BCUT2D eigenvalue weighted by molar-refractivity contribution is 5.35. The van der Waals surface area contributed by atoms with Gasteiger partial charge in [0.15, 0.2) is 0 Å². The quantitative estimate of drug-likeness (QED) is 0.528. The molecule has 0 heteroatoms. The van der Waals surface area contributed by atoms with Gasteiger partial charge in [-0.3, -0.25) is 0 Å². The van der Waals surface area contributed by atoms with Crippen LogP contribution in [0.25, 0.3) is 0 Å². The summed E-state index contributed by atoms with van der Waals surface area (Å²) in [6, 6.07) is 8.82. The lowest BCUT2D eigenvalue weighted by molar-refractivity contribution is 0.532.